The molecular formula is C48H58O12. The molecule has 0 spiro atoms. The van der Waals surface area contributed by atoms with E-state index in [4.69, 9.17) is 18.9 Å². The summed E-state index contributed by atoms with van der Waals surface area (Å²) in [4.78, 5) is 51.9. The van der Waals surface area contributed by atoms with Crippen molar-refractivity contribution in [3.8, 4) is 23.0 Å². The molecule has 60 heavy (non-hydrogen) atoms. The molecule has 0 saturated heterocycles. The third-order valence-corrected chi connectivity index (χ3v) is 10.6. The molecule has 0 aliphatic carbocycles. The van der Waals surface area contributed by atoms with Gasteiger partial charge in [0.2, 0.25) is 0 Å². The number of ether oxygens (including phenoxy) is 4. The molecule has 4 rings (SSSR count). The molecule has 2 unspecified atom stereocenters. The Morgan fingerprint density at radius 2 is 0.683 bits per heavy atom. The van der Waals surface area contributed by atoms with Gasteiger partial charge in [0, 0.05) is 24.7 Å². The van der Waals surface area contributed by atoms with Gasteiger partial charge in [-0.25, -0.2) is 0 Å². The van der Waals surface area contributed by atoms with Crippen molar-refractivity contribution in [1.82, 2.24) is 0 Å². The van der Waals surface area contributed by atoms with E-state index in [9.17, 15) is 39.6 Å². The summed E-state index contributed by atoms with van der Waals surface area (Å²) in [5, 5.41) is 41.0. The molecule has 2 atom stereocenters. The third-order valence-electron chi connectivity index (χ3n) is 10.6. The molecule has 0 aliphatic heterocycles. The first-order valence-electron chi connectivity index (χ1n) is 20.1. The number of phenols is 4. The van der Waals surface area contributed by atoms with Crippen LogP contribution in [0.1, 0.15) is 104 Å². The fourth-order valence-electron chi connectivity index (χ4n) is 7.23. The second-order valence-corrected chi connectivity index (χ2v) is 15.8. The highest BCUT2D eigenvalue weighted by Gasteiger charge is 2.25. The third kappa shape index (κ3) is 13.2. The standard InChI is InChI=1S/C48H58O12/c1-27-15-35(16-28(2)45(27)53)9-11-41(49)57-13-14-58-43(51)23-39(37-19-31(5)47(55)32(6)20-37)26-60-44(52)24-40(38-21-33(7)48(56)34(8)22-38)25-59-42(50)12-10-36-17-29(3)46(54)30(4)18-36/h15-22,39-40,53-56H,9-14,23-26H2,1-8H3. The molecule has 4 aromatic rings. The van der Waals surface area contributed by atoms with Crippen molar-refractivity contribution < 1.29 is 58.6 Å². The molecule has 0 aliphatic rings. The second kappa shape index (κ2) is 21.3. The lowest BCUT2D eigenvalue weighted by Crippen LogP contribution is -2.22. The average Bonchev–Trinajstić information content (AvgIpc) is 3.19. The molecule has 4 aromatic carbocycles. The zero-order valence-electron chi connectivity index (χ0n) is 35.9. The number of aryl methyl sites for hydroxylation is 10. The van der Waals surface area contributed by atoms with Crippen LogP contribution in [0.4, 0.5) is 0 Å². The van der Waals surface area contributed by atoms with Crippen molar-refractivity contribution in [2.24, 2.45) is 0 Å². The number of phenolic OH excluding ortho intramolecular Hbond substituents is 4. The Kier molecular flexibility index (Phi) is 16.5. The van der Waals surface area contributed by atoms with Crippen LogP contribution >= 0.6 is 0 Å². The first kappa shape index (κ1) is 46.6. The number of hydrogen-bond donors (Lipinski definition) is 4. The minimum absolute atomic E-state index is 0.0840. The molecule has 0 heterocycles. The smallest absolute Gasteiger partial charge is 0.306 e. The van der Waals surface area contributed by atoms with Crippen LogP contribution in [0.15, 0.2) is 48.5 Å². The van der Waals surface area contributed by atoms with Crippen LogP contribution < -0.4 is 0 Å². The zero-order valence-corrected chi connectivity index (χ0v) is 35.9. The Balaban J connectivity index is 1.37. The summed E-state index contributed by atoms with van der Waals surface area (Å²) in [5.74, 6) is -2.73. The van der Waals surface area contributed by atoms with Gasteiger partial charge < -0.3 is 39.4 Å². The summed E-state index contributed by atoms with van der Waals surface area (Å²) in [7, 11) is 0. The lowest BCUT2D eigenvalue weighted by atomic mass is 9.92. The molecule has 0 aromatic heterocycles. The van der Waals surface area contributed by atoms with Gasteiger partial charge in [-0.1, -0.05) is 48.5 Å². The fraction of sp³-hybridized carbons (Fsp3) is 0.417. The van der Waals surface area contributed by atoms with E-state index in [1.807, 2.05) is 24.3 Å². The van der Waals surface area contributed by atoms with Crippen LogP contribution in [0.2, 0.25) is 0 Å². The van der Waals surface area contributed by atoms with Crippen molar-refractivity contribution in [2.45, 2.75) is 106 Å². The van der Waals surface area contributed by atoms with E-state index in [0.29, 0.717) is 57.3 Å². The highest BCUT2D eigenvalue weighted by molar-refractivity contribution is 5.73. The fourth-order valence-corrected chi connectivity index (χ4v) is 7.23. The number of carbonyl (C=O) groups excluding carboxylic acids is 4. The Morgan fingerprint density at radius 1 is 0.417 bits per heavy atom. The van der Waals surface area contributed by atoms with Gasteiger partial charge in [-0.05, 0) is 135 Å². The predicted molar refractivity (Wildman–Crippen MR) is 226 cm³/mol. The topological polar surface area (TPSA) is 186 Å². The van der Waals surface area contributed by atoms with Gasteiger partial charge in [0.25, 0.3) is 0 Å². The van der Waals surface area contributed by atoms with Gasteiger partial charge in [-0.15, -0.1) is 0 Å². The van der Waals surface area contributed by atoms with E-state index in [0.717, 1.165) is 22.3 Å². The van der Waals surface area contributed by atoms with Crippen molar-refractivity contribution in [3.63, 3.8) is 0 Å². The minimum atomic E-state index is -0.652. The molecular weight excluding hydrogens is 769 g/mol. The van der Waals surface area contributed by atoms with Crippen molar-refractivity contribution >= 4 is 23.9 Å². The zero-order chi connectivity index (χ0) is 44.3. The van der Waals surface area contributed by atoms with E-state index in [2.05, 4.69) is 0 Å². The lowest BCUT2D eigenvalue weighted by molar-refractivity contribution is -0.153. The van der Waals surface area contributed by atoms with E-state index in [-0.39, 0.29) is 75.1 Å². The molecule has 0 radical (unpaired) electrons. The van der Waals surface area contributed by atoms with Crippen LogP contribution in [0.5, 0.6) is 23.0 Å². The molecule has 12 nitrogen and oxygen atoms in total. The highest BCUT2D eigenvalue weighted by atomic mass is 16.6. The number of esters is 4. The van der Waals surface area contributed by atoms with Gasteiger partial charge in [-0.2, -0.15) is 0 Å². The van der Waals surface area contributed by atoms with Gasteiger partial charge in [0.15, 0.2) is 0 Å². The Bertz CT molecular complexity index is 2110. The van der Waals surface area contributed by atoms with Crippen LogP contribution in [-0.2, 0) is 51.0 Å². The van der Waals surface area contributed by atoms with Gasteiger partial charge in [-0.3, -0.25) is 19.2 Å². The van der Waals surface area contributed by atoms with E-state index < -0.39 is 35.7 Å². The largest absolute Gasteiger partial charge is 0.507 e. The molecule has 322 valence electrons. The number of carbonyl (C=O) groups is 4. The molecule has 12 heteroatoms. The van der Waals surface area contributed by atoms with Crippen molar-refractivity contribution in [2.75, 3.05) is 26.4 Å². The summed E-state index contributed by atoms with van der Waals surface area (Å²) in [6.07, 6.45) is 0.671. The summed E-state index contributed by atoms with van der Waals surface area (Å²) in [5.41, 5.74) is 8.33. The summed E-state index contributed by atoms with van der Waals surface area (Å²) in [6, 6.07) is 14.2. The second-order valence-electron chi connectivity index (χ2n) is 15.8. The summed E-state index contributed by atoms with van der Waals surface area (Å²) >= 11 is 0. The first-order chi connectivity index (χ1) is 28.3. The van der Waals surface area contributed by atoms with Crippen LogP contribution in [-0.4, -0.2) is 70.7 Å². The highest BCUT2D eigenvalue weighted by Crippen LogP contribution is 2.32. The van der Waals surface area contributed by atoms with Crippen LogP contribution in [0.3, 0.4) is 0 Å². The maximum atomic E-state index is 13.5. The Hall–Kier alpha value is -6.04. The Labute approximate surface area is 352 Å². The van der Waals surface area contributed by atoms with Crippen LogP contribution in [0, 0.1) is 55.4 Å². The van der Waals surface area contributed by atoms with E-state index in [1.54, 1.807) is 79.7 Å². The quantitative estimate of drug-likeness (QED) is 0.0406. The molecule has 0 amide bonds. The monoisotopic (exact) mass is 826 g/mol. The predicted octanol–water partition coefficient (Wildman–Crippen LogP) is 8.06. The maximum Gasteiger partial charge on any atom is 0.306 e. The van der Waals surface area contributed by atoms with E-state index >= 15 is 0 Å². The first-order valence-corrected chi connectivity index (χ1v) is 20.1. The number of aromatic hydroxyl groups is 4. The summed E-state index contributed by atoms with van der Waals surface area (Å²) in [6.45, 7) is 13.5. The van der Waals surface area contributed by atoms with Crippen LogP contribution in [0.25, 0.3) is 0 Å². The number of benzene rings is 4. The molecule has 0 saturated carbocycles. The lowest BCUT2D eigenvalue weighted by Gasteiger charge is -2.21. The SMILES string of the molecule is Cc1cc(CCC(=O)OCCOC(=O)CC(COC(=O)CC(COC(=O)CCc2cc(C)c(O)c(C)c2)c2cc(C)c(O)c(C)c2)c2cc(C)c(O)c(C)c2)cc(C)c1O. The van der Waals surface area contributed by atoms with Crippen molar-refractivity contribution in [3.05, 3.63) is 115 Å². The van der Waals surface area contributed by atoms with Crippen molar-refractivity contribution in [1.29, 1.82) is 0 Å². The van der Waals surface area contributed by atoms with Gasteiger partial charge in [0.05, 0.1) is 26.1 Å². The normalized spacial score (nSPS) is 12.1. The minimum Gasteiger partial charge on any atom is -0.507 e. The average molecular weight is 827 g/mol. The van der Waals surface area contributed by atoms with Gasteiger partial charge in [0.1, 0.15) is 36.2 Å². The number of rotatable bonds is 19. The van der Waals surface area contributed by atoms with Gasteiger partial charge >= 0.3 is 23.9 Å². The molecule has 4 N–H and O–H groups in total. The number of hydrogen-bond acceptors (Lipinski definition) is 12. The van der Waals surface area contributed by atoms with E-state index in [1.165, 1.54) is 0 Å². The maximum absolute atomic E-state index is 13.5. The summed E-state index contributed by atoms with van der Waals surface area (Å²) < 4.78 is 22.1. The Morgan fingerprint density at radius 3 is 1.03 bits per heavy atom. The molecule has 0 fully saturated rings. The molecule has 0 bridgehead atoms.